The molecule has 4 nitrogen and oxygen atoms in total. The average Bonchev–Trinajstić information content (AvgIpc) is 3.11. The first-order chi connectivity index (χ1) is 12.5. The van der Waals surface area contributed by atoms with E-state index in [1.807, 2.05) is 12.3 Å². The maximum Gasteiger partial charge on any atom is 0.129 e. The highest BCUT2D eigenvalue weighted by molar-refractivity contribution is 5.84. The second-order valence-electron chi connectivity index (χ2n) is 7.53. The van der Waals surface area contributed by atoms with Crippen LogP contribution >= 0.6 is 0 Å². The summed E-state index contributed by atoms with van der Waals surface area (Å²) in [5.41, 5.74) is 1.86. The molecule has 1 aliphatic rings. The van der Waals surface area contributed by atoms with Crippen molar-refractivity contribution in [1.82, 2.24) is 14.5 Å². The van der Waals surface area contributed by atoms with E-state index in [0.29, 0.717) is 12.0 Å². The van der Waals surface area contributed by atoms with Gasteiger partial charge in [0.05, 0.1) is 5.52 Å². The van der Waals surface area contributed by atoms with Gasteiger partial charge in [-0.05, 0) is 57.4 Å². The number of hydrogen-bond acceptors (Lipinski definition) is 3. The van der Waals surface area contributed by atoms with Gasteiger partial charge in [0.1, 0.15) is 17.5 Å². The van der Waals surface area contributed by atoms with Crippen molar-refractivity contribution in [2.75, 3.05) is 18.0 Å². The topological polar surface area (TPSA) is 34.0 Å². The molecule has 0 amide bonds. The lowest BCUT2D eigenvalue weighted by Crippen LogP contribution is -2.36. The van der Waals surface area contributed by atoms with Crippen LogP contribution in [-0.2, 0) is 0 Å². The Kier molecular flexibility index (Phi) is 4.39. The summed E-state index contributed by atoms with van der Waals surface area (Å²) in [5, 5.41) is 1.01. The van der Waals surface area contributed by atoms with E-state index in [4.69, 9.17) is 4.98 Å². The van der Waals surface area contributed by atoms with E-state index in [-0.39, 0.29) is 5.82 Å². The Morgan fingerprint density at radius 1 is 1.23 bits per heavy atom. The van der Waals surface area contributed by atoms with Crippen LogP contribution in [0.4, 0.5) is 10.2 Å². The van der Waals surface area contributed by atoms with Crippen molar-refractivity contribution in [1.29, 1.82) is 0 Å². The number of nitrogens with zero attached hydrogens (tertiary/aromatic N) is 4. The van der Waals surface area contributed by atoms with E-state index in [1.165, 1.54) is 12.1 Å². The lowest BCUT2D eigenvalue weighted by molar-refractivity contribution is 0.453. The normalized spacial score (nSPS) is 18.0. The number of anilines is 1. The Morgan fingerprint density at radius 3 is 2.88 bits per heavy atom. The minimum Gasteiger partial charge on any atom is -0.356 e. The molecule has 1 aliphatic heterocycles. The molecule has 0 N–H and O–H groups in total. The largest absolute Gasteiger partial charge is 0.356 e. The summed E-state index contributed by atoms with van der Waals surface area (Å²) in [5.74, 6) is 2.25. The number of halogens is 1. The molecule has 136 valence electrons. The minimum atomic E-state index is -0.239. The SMILES string of the molecule is Cc1cc(N2CCC[C@H](c3nccn3C(C)C)C2)nc2cc(F)ccc12. The Bertz CT molecular complexity index is 931. The van der Waals surface area contributed by atoms with Crippen LogP contribution in [0, 0.1) is 12.7 Å². The van der Waals surface area contributed by atoms with Crippen LogP contribution in [0.1, 0.15) is 50.0 Å². The van der Waals surface area contributed by atoms with Crippen LogP contribution in [0.25, 0.3) is 10.9 Å². The van der Waals surface area contributed by atoms with Crippen LogP contribution in [0.3, 0.4) is 0 Å². The average molecular weight is 352 g/mol. The van der Waals surface area contributed by atoms with E-state index >= 15 is 0 Å². The zero-order chi connectivity index (χ0) is 18.3. The third-order valence-corrected chi connectivity index (χ3v) is 5.33. The summed E-state index contributed by atoms with van der Waals surface area (Å²) in [6.45, 7) is 8.32. The molecule has 26 heavy (non-hydrogen) atoms. The van der Waals surface area contributed by atoms with Crippen molar-refractivity contribution < 1.29 is 4.39 Å². The van der Waals surface area contributed by atoms with Crippen LogP contribution < -0.4 is 4.90 Å². The number of fused-ring (bicyclic) bond motifs is 1. The number of aryl methyl sites for hydroxylation is 1. The lowest BCUT2D eigenvalue weighted by atomic mass is 9.96. The van der Waals surface area contributed by atoms with Crippen molar-refractivity contribution >= 4 is 16.7 Å². The van der Waals surface area contributed by atoms with Gasteiger partial charge in [0.25, 0.3) is 0 Å². The van der Waals surface area contributed by atoms with Crippen molar-refractivity contribution in [3.05, 3.63) is 53.9 Å². The number of hydrogen-bond donors (Lipinski definition) is 0. The fourth-order valence-corrected chi connectivity index (χ4v) is 3.99. The maximum atomic E-state index is 13.6. The first kappa shape index (κ1) is 17.0. The van der Waals surface area contributed by atoms with Gasteiger partial charge >= 0.3 is 0 Å². The van der Waals surface area contributed by atoms with Crippen molar-refractivity contribution in [2.45, 2.75) is 45.6 Å². The summed E-state index contributed by atoms with van der Waals surface area (Å²) in [7, 11) is 0. The van der Waals surface area contributed by atoms with Crippen LogP contribution in [0.15, 0.2) is 36.7 Å². The fraction of sp³-hybridized carbons (Fsp3) is 0.429. The molecular formula is C21H25FN4. The van der Waals surface area contributed by atoms with Crippen molar-refractivity contribution in [3.8, 4) is 0 Å². The van der Waals surface area contributed by atoms with Crippen LogP contribution in [0.2, 0.25) is 0 Å². The molecule has 1 fully saturated rings. The molecule has 0 unspecified atom stereocenters. The molecule has 3 aromatic rings. The second kappa shape index (κ2) is 6.71. The van der Waals surface area contributed by atoms with E-state index in [1.54, 1.807) is 0 Å². The Hall–Kier alpha value is -2.43. The highest BCUT2D eigenvalue weighted by Gasteiger charge is 2.26. The van der Waals surface area contributed by atoms with Gasteiger partial charge in [-0.15, -0.1) is 0 Å². The predicted octanol–water partition coefficient (Wildman–Crippen LogP) is 4.84. The quantitative estimate of drug-likeness (QED) is 0.676. The molecule has 1 atom stereocenters. The Morgan fingerprint density at radius 2 is 2.08 bits per heavy atom. The predicted molar refractivity (Wildman–Crippen MR) is 103 cm³/mol. The number of aromatic nitrogens is 3. The van der Waals surface area contributed by atoms with Gasteiger partial charge in [-0.2, -0.15) is 0 Å². The van der Waals surface area contributed by atoms with Gasteiger partial charge in [-0.25, -0.2) is 14.4 Å². The summed E-state index contributed by atoms with van der Waals surface area (Å²) in [4.78, 5) is 11.7. The molecule has 0 aliphatic carbocycles. The van der Waals surface area contributed by atoms with Gasteiger partial charge in [0, 0.05) is 48.9 Å². The highest BCUT2D eigenvalue weighted by atomic mass is 19.1. The van der Waals surface area contributed by atoms with Gasteiger partial charge in [0.15, 0.2) is 0 Å². The van der Waals surface area contributed by atoms with Gasteiger partial charge in [-0.1, -0.05) is 0 Å². The van der Waals surface area contributed by atoms with E-state index in [9.17, 15) is 4.39 Å². The standard InChI is InChI=1S/C21H25FN4/c1-14(2)26-10-8-23-21(26)16-5-4-9-25(13-16)20-11-15(3)18-7-6-17(22)12-19(18)24-20/h6-8,10-12,14,16H,4-5,9,13H2,1-3H3/t16-/m0/s1. The van der Waals surface area contributed by atoms with Crippen LogP contribution in [-0.4, -0.2) is 27.6 Å². The monoisotopic (exact) mass is 352 g/mol. The first-order valence-corrected chi connectivity index (χ1v) is 9.37. The van der Waals surface area contributed by atoms with Gasteiger partial charge < -0.3 is 9.47 Å². The molecule has 0 bridgehead atoms. The molecule has 0 saturated carbocycles. The van der Waals surface area contributed by atoms with E-state index < -0.39 is 0 Å². The third-order valence-electron chi connectivity index (χ3n) is 5.33. The zero-order valence-electron chi connectivity index (χ0n) is 15.6. The lowest BCUT2D eigenvalue weighted by Gasteiger charge is -2.34. The third kappa shape index (κ3) is 3.06. The number of piperidine rings is 1. The zero-order valence-corrected chi connectivity index (χ0v) is 15.6. The highest BCUT2D eigenvalue weighted by Crippen LogP contribution is 2.31. The maximum absolute atomic E-state index is 13.6. The molecule has 4 rings (SSSR count). The van der Waals surface area contributed by atoms with E-state index in [0.717, 1.165) is 54.0 Å². The minimum absolute atomic E-state index is 0.239. The fourth-order valence-electron chi connectivity index (χ4n) is 3.99. The first-order valence-electron chi connectivity index (χ1n) is 9.37. The number of rotatable bonds is 3. The Labute approximate surface area is 153 Å². The molecule has 3 heterocycles. The summed E-state index contributed by atoms with van der Waals surface area (Å²) in [6, 6.07) is 7.37. The number of imidazole rings is 1. The number of benzene rings is 1. The van der Waals surface area contributed by atoms with Crippen molar-refractivity contribution in [2.24, 2.45) is 0 Å². The summed E-state index contributed by atoms with van der Waals surface area (Å²) < 4.78 is 15.9. The van der Waals surface area contributed by atoms with Crippen molar-refractivity contribution in [3.63, 3.8) is 0 Å². The second-order valence-corrected chi connectivity index (χ2v) is 7.53. The smallest absolute Gasteiger partial charge is 0.129 e. The van der Waals surface area contributed by atoms with Gasteiger partial charge in [-0.3, -0.25) is 0 Å². The van der Waals surface area contributed by atoms with Crippen LogP contribution in [0.5, 0.6) is 0 Å². The summed E-state index contributed by atoms with van der Waals surface area (Å²) in [6.07, 6.45) is 6.22. The van der Waals surface area contributed by atoms with E-state index in [2.05, 4.69) is 47.5 Å². The molecule has 2 aromatic heterocycles. The molecule has 0 radical (unpaired) electrons. The molecule has 1 aromatic carbocycles. The summed E-state index contributed by atoms with van der Waals surface area (Å²) >= 11 is 0. The molecule has 5 heteroatoms. The molecule has 1 saturated heterocycles. The molecule has 0 spiro atoms. The molecular weight excluding hydrogens is 327 g/mol. The number of pyridine rings is 1. The Balaban J connectivity index is 1.66. The van der Waals surface area contributed by atoms with Gasteiger partial charge in [0.2, 0.25) is 0 Å².